The van der Waals surface area contributed by atoms with E-state index in [1.54, 1.807) is 4.90 Å². The van der Waals surface area contributed by atoms with Gasteiger partial charge in [0.05, 0.1) is 11.8 Å². The molecule has 0 aliphatic carbocycles. The van der Waals surface area contributed by atoms with Crippen LogP contribution < -0.4 is 5.73 Å². The summed E-state index contributed by atoms with van der Waals surface area (Å²) in [6.45, 7) is 1.26. The van der Waals surface area contributed by atoms with E-state index in [0.29, 0.717) is 6.54 Å². The third-order valence-electron chi connectivity index (χ3n) is 5.16. The number of H-pyrrole nitrogens is 1. The van der Waals surface area contributed by atoms with Crippen molar-refractivity contribution in [1.29, 1.82) is 0 Å². The molecule has 1 amide bonds. The largest absolute Gasteiger partial charge is 0.364 e. The zero-order valence-electron chi connectivity index (χ0n) is 16.5. The van der Waals surface area contributed by atoms with Gasteiger partial charge in [0, 0.05) is 31.4 Å². The van der Waals surface area contributed by atoms with Crippen LogP contribution in [0.3, 0.4) is 0 Å². The smallest absolute Gasteiger partial charge is 0.251 e. The molecular formula is C21H31ClN4O2. The van der Waals surface area contributed by atoms with E-state index in [1.165, 1.54) is 0 Å². The molecule has 2 heterocycles. The average molecular weight is 407 g/mol. The summed E-state index contributed by atoms with van der Waals surface area (Å²) in [6.07, 6.45) is 5.54. The number of aromatic amines is 1. The van der Waals surface area contributed by atoms with Crippen LogP contribution in [0.2, 0.25) is 0 Å². The van der Waals surface area contributed by atoms with Gasteiger partial charge in [-0.3, -0.25) is 9.89 Å². The first kappa shape index (κ1) is 22.4. The Hall–Kier alpha value is -1.89. The van der Waals surface area contributed by atoms with Gasteiger partial charge in [0.15, 0.2) is 0 Å². The Bertz CT molecular complexity index is 722. The number of rotatable bonds is 9. The number of carbonyl (C=O) groups excluding carboxylic acids is 1. The number of nitrogens with zero attached hydrogens (tertiary/aromatic N) is 2. The summed E-state index contributed by atoms with van der Waals surface area (Å²) in [5.74, 6) is 0.0898. The van der Waals surface area contributed by atoms with Crippen molar-refractivity contribution in [2.45, 2.75) is 50.7 Å². The van der Waals surface area contributed by atoms with Gasteiger partial charge in [-0.25, -0.2) is 0 Å². The van der Waals surface area contributed by atoms with Gasteiger partial charge >= 0.3 is 0 Å². The van der Waals surface area contributed by atoms with E-state index >= 15 is 0 Å². The Morgan fingerprint density at radius 3 is 2.75 bits per heavy atom. The summed E-state index contributed by atoms with van der Waals surface area (Å²) >= 11 is 0. The number of halogens is 1. The van der Waals surface area contributed by atoms with E-state index in [-0.39, 0.29) is 30.5 Å². The highest BCUT2D eigenvalue weighted by molar-refractivity contribution is 5.85. The maximum absolute atomic E-state index is 12.4. The molecule has 154 valence electrons. The van der Waals surface area contributed by atoms with Crippen LogP contribution in [-0.4, -0.2) is 53.3 Å². The van der Waals surface area contributed by atoms with E-state index in [0.717, 1.165) is 62.0 Å². The van der Waals surface area contributed by atoms with Crippen LogP contribution in [0.25, 0.3) is 11.3 Å². The summed E-state index contributed by atoms with van der Waals surface area (Å²) in [5.41, 5.74) is 8.89. The van der Waals surface area contributed by atoms with Gasteiger partial charge in [-0.2, -0.15) is 5.10 Å². The van der Waals surface area contributed by atoms with E-state index in [4.69, 9.17) is 10.5 Å². The normalized spacial score (nSPS) is 18.6. The SMILES string of the molecule is CN(CCCCCc1cc(-c2ccccc2)n[nH]1)C(=O)[C@@H]1CC[C@H](CN)O1.Cl. The van der Waals surface area contributed by atoms with Crippen LogP contribution in [0.15, 0.2) is 36.4 Å². The molecule has 1 aromatic carbocycles. The first-order valence-electron chi connectivity index (χ1n) is 9.87. The second-order valence-corrected chi connectivity index (χ2v) is 7.27. The average Bonchev–Trinajstić information content (AvgIpc) is 3.37. The van der Waals surface area contributed by atoms with Crippen molar-refractivity contribution in [2.24, 2.45) is 5.73 Å². The van der Waals surface area contributed by atoms with Crippen molar-refractivity contribution < 1.29 is 9.53 Å². The molecule has 0 unspecified atom stereocenters. The highest BCUT2D eigenvalue weighted by atomic mass is 35.5. The van der Waals surface area contributed by atoms with E-state index in [1.807, 2.05) is 25.2 Å². The van der Waals surface area contributed by atoms with Gasteiger partial charge in [0.25, 0.3) is 5.91 Å². The first-order chi connectivity index (χ1) is 13.2. The molecule has 7 heteroatoms. The molecule has 1 saturated heterocycles. The monoisotopic (exact) mass is 406 g/mol. The minimum atomic E-state index is -0.301. The predicted molar refractivity (Wildman–Crippen MR) is 113 cm³/mol. The van der Waals surface area contributed by atoms with Crippen LogP contribution >= 0.6 is 12.4 Å². The minimum Gasteiger partial charge on any atom is -0.364 e. The number of likely N-dealkylation sites (N-methyl/N-ethyl adjacent to an activating group) is 1. The number of unbranched alkanes of at least 4 members (excludes halogenated alkanes) is 2. The number of nitrogens with two attached hydrogens (primary N) is 1. The van der Waals surface area contributed by atoms with Crippen molar-refractivity contribution in [3.63, 3.8) is 0 Å². The number of hydrogen-bond acceptors (Lipinski definition) is 4. The molecule has 3 rings (SSSR count). The maximum Gasteiger partial charge on any atom is 0.251 e. The second kappa shape index (κ2) is 11.2. The molecule has 0 saturated carbocycles. The third-order valence-corrected chi connectivity index (χ3v) is 5.16. The fraction of sp³-hybridized carbons (Fsp3) is 0.524. The molecule has 28 heavy (non-hydrogen) atoms. The Morgan fingerprint density at radius 1 is 1.25 bits per heavy atom. The van der Waals surface area contributed by atoms with Crippen molar-refractivity contribution in [3.05, 3.63) is 42.1 Å². The van der Waals surface area contributed by atoms with Gasteiger partial charge < -0.3 is 15.4 Å². The first-order valence-corrected chi connectivity index (χ1v) is 9.87. The lowest BCUT2D eigenvalue weighted by Crippen LogP contribution is -2.37. The van der Waals surface area contributed by atoms with Crippen LogP contribution in [0.5, 0.6) is 0 Å². The highest BCUT2D eigenvalue weighted by Gasteiger charge is 2.31. The molecule has 1 aliphatic heterocycles. The van der Waals surface area contributed by atoms with Gasteiger partial charge in [-0.05, 0) is 38.2 Å². The van der Waals surface area contributed by atoms with Gasteiger partial charge in [-0.15, -0.1) is 12.4 Å². The molecule has 6 nitrogen and oxygen atoms in total. The minimum absolute atomic E-state index is 0. The van der Waals surface area contributed by atoms with Crippen LogP contribution in [0, 0.1) is 0 Å². The number of nitrogens with one attached hydrogen (secondary N) is 1. The van der Waals surface area contributed by atoms with Gasteiger partial charge in [0.2, 0.25) is 0 Å². The Kier molecular flexibility index (Phi) is 8.96. The van der Waals surface area contributed by atoms with Gasteiger partial charge in [0.1, 0.15) is 6.10 Å². The lowest BCUT2D eigenvalue weighted by Gasteiger charge is -2.21. The summed E-state index contributed by atoms with van der Waals surface area (Å²) in [6, 6.07) is 12.3. The molecule has 2 aromatic rings. The zero-order valence-corrected chi connectivity index (χ0v) is 17.3. The molecule has 3 N–H and O–H groups in total. The van der Waals surface area contributed by atoms with E-state index in [9.17, 15) is 4.79 Å². The quantitative estimate of drug-likeness (QED) is 0.626. The van der Waals surface area contributed by atoms with E-state index < -0.39 is 0 Å². The summed E-state index contributed by atoms with van der Waals surface area (Å²) in [5, 5.41) is 7.52. The van der Waals surface area contributed by atoms with Crippen LogP contribution in [0.4, 0.5) is 0 Å². The number of aromatic nitrogens is 2. The molecule has 0 bridgehead atoms. The molecule has 0 radical (unpaired) electrons. The fourth-order valence-electron chi connectivity index (χ4n) is 3.50. The number of carbonyl (C=O) groups is 1. The van der Waals surface area contributed by atoms with Crippen LogP contribution in [0.1, 0.15) is 37.8 Å². The van der Waals surface area contributed by atoms with Crippen molar-refractivity contribution in [1.82, 2.24) is 15.1 Å². The molecule has 1 fully saturated rings. The summed E-state index contributed by atoms with van der Waals surface area (Å²) < 4.78 is 5.69. The highest BCUT2D eigenvalue weighted by Crippen LogP contribution is 2.21. The Balaban J connectivity index is 0.00000280. The topological polar surface area (TPSA) is 84.2 Å². The van der Waals surface area contributed by atoms with Crippen molar-refractivity contribution in [2.75, 3.05) is 20.1 Å². The summed E-state index contributed by atoms with van der Waals surface area (Å²) in [7, 11) is 1.86. The fourth-order valence-corrected chi connectivity index (χ4v) is 3.50. The Morgan fingerprint density at radius 2 is 2.04 bits per heavy atom. The Labute approximate surface area is 173 Å². The number of benzene rings is 1. The lowest BCUT2D eigenvalue weighted by atomic mass is 10.1. The maximum atomic E-state index is 12.4. The molecule has 2 atom stereocenters. The lowest BCUT2D eigenvalue weighted by molar-refractivity contribution is -0.141. The zero-order chi connectivity index (χ0) is 19.1. The molecular weight excluding hydrogens is 376 g/mol. The second-order valence-electron chi connectivity index (χ2n) is 7.27. The number of amides is 1. The number of ether oxygens (including phenoxy) is 1. The number of aryl methyl sites for hydroxylation is 1. The predicted octanol–water partition coefficient (Wildman–Crippen LogP) is 3.18. The van der Waals surface area contributed by atoms with Crippen molar-refractivity contribution in [3.8, 4) is 11.3 Å². The van der Waals surface area contributed by atoms with Crippen molar-refractivity contribution >= 4 is 18.3 Å². The third kappa shape index (κ3) is 6.06. The van der Waals surface area contributed by atoms with E-state index in [2.05, 4.69) is 28.4 Å². The standard InChI is InChI=1S/C21H30N4O2.ClH/c1-25(21(26)20-12-11-18(15-22)27-20)13-7-3-6-10-17-14-19(24-23-17)16-8-4-2-5-9-16;/h2,4-5,8-9,14,18,20H,3,6-7,10-13,15,22H2,1H3,(H,23,24);1H/t18-,20+;/m1./s1. The van der Waals surface area contributed by atoms with Crippen LogP contribution in [-0.2, 0) is 16.0 Å². The van der Waals surface area contributed by atoms with Gasteiger partial charge in [-0.1, -0.05) is 36.8 Å². The molecule has 1 aromatic heterocycles. The molecule has 0 spiro atoms. The summed E-state index contributed by atoms with van der Waals surface area (Å²) in [4.78, 5) is 14.2. The molecule has 1 aliphatic rings. The number of hydrogen-bond donors (Lipinski definition) is 2.